The van der Waals surface area contributed by atoms with Crippen LogP contribution >= 0.6 is 11.8 Å². The van der Waals surface area contributed by atoms with Crippen LogP contribution < -0.4 is 19.7 Å². The second-order valence-electron chi connectivity index (χ2n) is 8.59. The number of carbonyl (C=O) groups excluding carboxylic acids is 1. The number of hydrogen-bond donors (Lipinski definition) is 1. The fourth-order valence-electron chi connectivity index (χ4n) is 4.15. The molecule has 5 rings (SSSR count). The number of carbonyl (C=O) groups is 1. The summed E-state index contributed by atoms with van der Waals surface area (Å²) in [6.45, 7) is 4.81. The van der Waals surface area contributed by atoms with Crippen LogP contribution in [0.25, 0.3) is 5.69 Å². The number of thioether (sulfide) groups is 1. The molecule has 178 valence electrons. The first-order valence-electron chi connectivity index (χ1n) is 11.7. The van der Waals surface area contributed by atoms with Gasteiger partial charge in [0.2, 0.25) is 11.9 Å². The van der Waals surface area contributed by atoms with Crippen LogP contribution in [0.4, 0.5) is 5.95 Å². The predicted octanol–water partition coefficient (Wildman–Crippen LogP) is 3.61. The number of fused-ring (bicyclic) bond motifs is 1. The minimum absolute atomic E-state index is 0.0783. The van der Waals surface area contributed by atoms with E-state index in [1.54, 1.807) is 0 Å². The molecule has 0 bridgehead atoms. The van der Waals surface area contributed by atoms with Crippen molar-refractivity contribution in [1.29, 1.82) is 0 Å². The zero-order valence-electron chi connectivity index (χ0n) is 19.3. The molecule has 1 aromatic heterocycles. The Balaban J connectivity index is 1.23. The van der Waals surface area contributed by atoms with Crippen molar-refractivity contribution in [2.24, 2.45) is 0 Å². The van der Waals surface area contributed by atoms with E-state index in [-0.39, 0.29) is 17.8 Å². The number of aromatic nitrogens is 3. The number of hydrogen-bond acceptors (Lipinski definition) is 7. The lowest BCUT2D eigenvalue weighted by molar-refractivity contribution is -0.119. The second-order valence-corrected chi connectivity index (χ2v) is 9.53. The normalized spacial score (nSPS) is 17.4. The van der Waals surface area contributed by atoms with Gasteiger partial charge in [-0.3, -0.25) is 9.36 Å². The largest absolute Gasteiger partial charge is 0.486 e. The zero-order valence-corrected chi connectivity index (χ0v) is 20.1. The summed E-state index contributed by atoms with van der Waals surface area (Å²) >= 11 is 1.39. The quantitative estimate of drug-likeness (QED) is 0.519. The maximum Gasteiger partial charge on any atom is 0.232 e. The van der Waals surface area contributed by atoms with Crippen molar-refractivity contribution in [3.05, 3.63) is 54.1 Å². The van der Waals surface area contributed by atoms with Crippen LogP contribution in [0.2, 0.25) is 0 Å². The summed E-state index contributed by atoms with van der Waals surface area (Å²) < 4.78 is 13.7. The number of ether oxygens (including phenoxy) is 2. The van der Waals surface area contributed by atoms with Crippen LogP contribution in [-0.2, 0) is 4.79 Å². The highest BCUT2D eigenvalue weighted by atomic mass is 32.2. The number of aryl methyl sites for hydroxylation is 1. The molecule has 3 heterocycles. The van der Waals surface area contributed by atoms with Gasteiger partial charge in [0.15, 0.2) is 16.7 Å². The van der Waals surface area contributed by atoms with E-state index in [4.69, 9.17) is 9.47 Å². The first-order chi connectivity index (χ1) is 16.7. The molecule has 1 fully saturated rings. The van der Waals surface area contributed by atoms with Crippen molar-refractivity contribution in [2.45, 2.75) is 37.4 Å². The number of nitrogens with one attached hydrogen (secondary N) is 1. The number of nitrogens with zero attached hydrogens (tertiary/aromatic N) is 4. The van der Waals surface area contributed by atoms with E-state index in [0.29, 0.717) is 24.1 Å². The lowest BCUT2D eigenvalue weighted by Crippen LogP contribution is -2.41. The van der Waals surface area contributed by atoms with Gasteiger partial charge in [-0.2, -0.15) is 0 Å². The van der Waals surface area contributed by atoms with Crippen LogP contribution in [0, 0.1) is 6.92 Å². The molecule has 1 amide bonds. The third-order valence-corrected chi connectivity index (χ3v) is 6.90. The minimum Gasteiger partial charge on any atom is -0.486 e. The monoisotopic (exact) mass is 479 g/mol. The Bertz CT molecular complexity index is 1130. The van der Waals surface area contributed by atoms with E-state index in [1.165, 1.54) is 23.7 Å². The van der Waals surface area contributed by atoms with Crippen LogP contribution in [0.1, 0.15) is 24.8 Å². The molecule has 1 saturated heterocycles. The van der Waals surface area contributed by atoms with Gasteiger partial charge in [0.25, 0.3) is 0 Å². The summed E-state index contributed by atoms with van der Waals surface area (Å²) in [4.78, 5) is 14.9. The van der Waals surface area contributed by atoms with Crippen molar-refractivity contribution >= 4 is 23.6 Å². The zero-order chi connectivity index (χ0) is 23.3. The van der Waals surface area contributed by atoms with Crippen molar-refractivity contribution < 1.29 is 14.3 Å². The third kappa shape index (κ3) is 5.14. The maximum atomic E-state index is 12.6. The number of anilines is 1. The SMILES string of the molecule is Cc1ccc(-n2c(SCC(=O)NCC3COc4ccccc4O3)nnc2N2CCCCC2)cc1. The first kappa shape index (κ1) is 22.6. The number of para-hydroxylation sites is 2. The molecule has 0 aliphatic carbocycles. The summed E-state index contributed by atoms with van der Waals surface area (Å²) in [7, 11) is 0. The third-order valence-electron chi connectivity index (χ3n) is 5.97. The average molecular weight is 480 g/mol. The van der Waals surface area contributed by atoms with Crippen molar-refractivity contribution in [1.82, 2.24) is 20.1 Å². The maximum absolute atomic E-state index is 12.6. The van der Waals surface area contributed by atoms with Gasteiger partial charge in [0.1, 0.15) is 12.7 Å². The molecular weight excluding hydrogens is 450 g/mol. The molecular formula is C25H29N5O3S. The molecule has 0 radical (unpaired) electrons. The number of benzene rings is 2. The molecule has 2 aliphatic heterocycles. The Morgan fingerprint density at radius 2 is 1.82 bits per heavy atom. The summed E-state index contributed by atoms with van der Waals surface area (Å²) in [5.41, 5.74) is 2.20. The highest BCUT2D eigenvalue weighted by Crippen LogP contribution is 2.31. The number of piperidine rings is 1. The summed E-state index contributed by atoms with van der Waals surface area (Å²) in [6.07, 6.45) is 3.34. The average Bonchev–Trinajstić information content (AvgIpc) is 3.31. The molecule has 2 aromatic carbocycles. The van der Waals surface area contributed by atoms with Crippen LogP contribution in [0.15, 0.2) is 53.7 Å². The van der Waals surface area contributed by atoms with E-state index >= 15 is 0 Å². The molecule has 0 spiro atoms. The van der Waals surface area contributed by atoms with Gasteiger partial charge in [-0.1, -0.05) is 41.6 Å². The summed E-state index contributed by atoms with van der Waals surface area (Å²) in [6, 6.07) is 15.9. The molecule has 3 aromatic rings. The fourth-order valence-corrected chi connectivity index (χ4v) is 4.92. The van der Waals surface area contributed by atoms with Gasteiger partial charge in [0, 0.05) is 13.1 Å². The molecule has 1 unspecified atom stereocenters. The molecule has 0 saturated carbocycles. The van der Waals surface area contributed by atoms with Gasteiger partial charge >= 0.3 is 0 Å². The number of amides is 1. The molecule has 34 heavy (non-hydrogen) atoms. The van der Waals surface area contributed by atoms with E-state index in [1.807, 2.05) is 24.3 Å². The molecule has 9 heteroatoms. The fraction of sp³-hybridized carbons (Fsp3) is 0.400. The van der Waals surface area contributed by atoms with Gasteiger partial charge in [-0.15, -0.1) is 10.2 Å². The van der Waals surface area contributed by atoms with Crippen molar-refractivity contribution in [3.63, 3.8) is 0 Å². The summed E-state index contributed by atoms with van der Waals surface area (Å²) in [5.74, 6) is 2.46. The lowest BCUT2D eigenvalue weighted by Gasteiger charge is -2.27. The van der Waals surface area contributed by atoms with Crippen molar-refractivity contribution in [2.75, 3.05) is 36.9 Å². The van der Waals surface area contributed by atoms with E-state index in [9.17, 15) is 4.79 Å². The second kappa shape index (κ2) is 10.4. The topological polar surface area (TPSA) is 81.5 Å². The highest BCUT2D eigenvalue weighted by Gasteiger charge is 2.23. The van der Waals surface area contributed by atoms with Crippen LogP contribution in [0.5, 0.6) is 11.5 Å². The minimum atomic E-state index is -0.217. The smallest absolute Gasteiger partial charge is 0.232 e. The molecule has 1 N–H and O–H groups in total. The molecule has 1 atom stereocenters. The van der Waals surface area contributed by atoms with Crippen LogP contribution in [0.3, 0.4) is 0 Å². The van der Waals surface area contributed by atoms with Gasteiger partial charge in [-0.05, 0) is 50.5 Å². The van der Waals surface area contributed by atoms with E-state index in [2.05, 4.69) is 56.2 Å². The highest BCUT2D eigenvalue weighted by molar-refractivity contribution is 7.99. The number of rotatable bonds is 7. The van der Waals surface area contributed by atoms with Crippen molar-refractivity contribution in [3.8, 4) is 17.2 Å². The first-order valence-corrected chi connectivity index (χ1v) is 12.7. The Kier molecular flexibility index (Phi) is 6.89. The van der Waals surface area contributed by atoms with E-state index in [0.717, 1.165) is 43.3 Å². The van der Waals surface area contributed by atoms with Gasteiger partial charge < -0.3 is 19.7 Å². The van der Waals surface area contributed by atoms with Crippen LogP contribution in [-0.4, -0.2) is 58.8 Å². The Hall–Kier alpha value is -3.20. The Morgan fingerprint density at radius 3 is 2.62 bits per heavy atom. The summed E-state index contributed by atoms with van der Waals surface area (Å²) in [5, 5.41) is 12.6. The van der Waals surface area contributed by atoms with Gasteiger partial charge in [0.05, 0.1) is 18.0 Å². The standard InChI is InChI=1S/C25H29N5O3S/c1-18-9-11-19(12-10-18)30-24(29-13-5-2-6-14-29)27-28-25(30)34-17-23(31)26-15-20-16-32-21-7-3-4-8-22(21)33-20/h3-4,7-12,20H,2,5-6,13-17H2,1H3,(H,26,31). The lowest BCUT2D eigenvalue weighted by atomic mass is 10.1. The van der Waals surface area contributed by atoms with E-state index < -0.39 is 0 Å². The Morgan fingerprint density at radius 1 is 1.06 bits per heavy atom. The Labute approximate surface area is 203 Å². The predicted molar refractivity (Wildman–Crippen MR) is 132 cm³/mol. The van der Waals surface area contributed by atoms with Gasteiger partial charge in [-0.25, -0.2) is 0 Å². The molecule has 8 nitrogen and oxygen atoms in total. The molecule has 2 aliphatic rings.